The maximum Gasteiger partial charge on any atom is 0.327 e. The number of aromatic nitrogens is 2. The van der Waals surface area contributed by atoms with Gasteiger partial charge in [0.1, 0.15) is 12.3 Å². The average Bonchev–Trinajstić information content (AvgIpc) is 2.10. The fourth-order valence-corrected chi connectivity index (χ4v) is 0.872. The molecule has 0 fully saturated rings. The minimum absolute atomic E-state index is 0.227. The number of carbonyl (C=O) groups excluding carboxylic acids is 1. The highest BCUT2D eigenvalue weighted by atomic mass is 16.5. The van der Waals surface area contributed by atoms with Crippen LogP contribution in [-0.4, -0.2) is 27.5 Å². The predicted molar refractivity (Wildman–Crippen MR) is 46.8 cm³/mol. The van der Waals surface area contributed by atoms with E-state index in [0.29, 0.717) is 0 Å². The molecule has 76 valence electrons. The first-order valence-corrected chi connectivity index (χ1v) is 4.05. The summed E-state index contributed by atoms with van der Waals surface area (Å²) >= 11 is 0. The lowest BCUT2D eigenvalue weighted by atomic mass is 10.5. The number of rotatable bonds is 3. The van der Waals surface area contributed by atoms with E-state index in [0.717, 1.165) is 16.9 Å². The molecule has 0 aliphatic rings. The summed E-state index contributed by atoms with van der Waals surface area (Å²) in [7, 11) is 0. The molecule has 0 atom stereocenters. The highest BCUT2D eigenvalue weighted by Crippen LogP contribution is 1.97. The lowest BCUT2D eigenvalue weighted by molar-refractivity contribution is -0.144. The molecule has 0 aromatic carbocycles. The van der Waals surface area contributed by atoms with Gasteiger partial charge in [0, 0.05) is 6.07 Å². The maximum atomic E-state index is 11.1. The second kappa shape index (κ2) is 4.40. The number of ether oxygens (including phenoxy) is 1. The maximum absolute atomic E-state index is 11.1. The Labute approximate surface area is 79.7 Å². The van der Waals surface area contributed by atoms with Gasteiger partial charge in [0.25, 0.3) is 5.56 Å². The second-order valence-electron chi connectivity index (χ2n) is 2.51. The molecule has 1 heterocycles. The minimum Gasteiger partial charge on any atom is -0.506 e. The summed E-state index contributed by atoms with van der Waals surface area (Å²) in [6, 6.07) is 0.978. The topological polar surface area (TPSA) is 81.4 Å². The van der Waals surface area contributed by atoms with Crippen LogP contribution in [0.2, 0.25) is 0 Å². The Morgan fingerprint density at radius 2 is 2.43 bits per heavy atom. The average molecular weight is 198 g/mol. The molecule has 0 aliphatic heterocycles. The molecule has 6 heteroatoms. The van der Waals surface area contributed by atoms with Crippen LogP contribution in [0.1, 0.15) is 6.92 Å². The van der Waals surface area contributed by atoms with Crippen LogP contribution in [0.4, 0.5) is 0 Å². The van der Waals surface area contributed by atoms with E-state index in [4.69, 9.17) is 5.11 Å². The SMILES string of the molecule is CCOC(=O)Cn1ncc(O)cc1=O. The molecule has 0 aliphatic carbocycles. The van der Waals surface area contributed by atoms with Gasteiger partial charge in [-0.2, -0.15) is 5.10 Å². The molecule has 0 spiro atoms. The number of hydrogen-bond donors (Lipinski definition) is 1. The summed E-state index contributed by atoms with van der Waals surface area (Å²) in [5, 5.41) is 12.4. The van der Waals surface area contributed by atoms with Gasteiger partial charge < -0.3 is 9.84 Å². The van der Waals surface area contributed by atoms with Gasteiger partial charge in [0.05, 0.1) is 12.8 Å². The van der Waals surface area contributed by atoms with Gasteiger partial charge in [-0.1, -0.05) is 0 Å². The quantitative estimate of drug-likeness (QED) is 0.663. The zero-order chi connectivity index (χ0) is 10.6. The molecule has 0 radical (unpaired) electrons. The van der Waals surface area contributed by atoms with Crippen LogP contribution in [0.5, 0.6) is 5.75 Å². The highest BCUT2D eigenvalue weighted by Gasteiger charge is 2.05. The van der Waals surface area contributed by atoms with Crippen LogP contribution < -0.4 is 5.56 Å². The number of esters is 1. The van der Waals surface area contributed by atoms with E-state index >= 15 is 0 Å². The predicted octanol–water partition coefficient (Wildman–Crippen LogP) is -0.488. The number of nitrogens with zero attached hydrogens (tertiary/aromatic N) is 2. The highest BCUT2D eigenvalue weighted by molar-refractivity contribution is 5.68. The molecule has 0 saturated heterocycles. The van der Waals surface area contributed by atoms with Crippen LogP contribution >= 0.6 is 0 Å². The van der Waals surface area contributed by atoms with Crippen molar-refractivity contribution in [2.75, 3.05) is 6.61 Å². The summed E-state index contributed by atoms with van der Waals surface area (Å²) in [5.74, 6) is -0.761. The normalized spacial score (nSPS) is 9.79. The lowest BCUT2D eigenvalue weighted by Gasteiger charge is -2.03. The Morgan fingerprint density at radius 3 is 3.00 bits per heavy atom. The molecule has 0 saturated carbocycles. The second-order valence-corrected chi connectivity index (χ2v) is 2.51. The van der Waals surface area contributed by atoms with E-state index in [1.54, 1.807) is 6.92 Å². The van der Waals surface area contributed by atoms with E-state index in [9.17, 15) is 9.59 Å². The summed E-state index contributed by atoms with van der Waals surface area (Å²) in [6.45, 7) is 1.68. The van der Waals surface area contributed by atoms with E-state index in [-0.39, 0.29) is 18.9 Å². The number of carbonyl (C=O) groups is 1. The van der Waals surface area contributed by atoms with E-state index < -0.39 is 11.5 Å². The van der Waals surface area contributed by atoms with E-state index in [1.807, 2.05) is 0 Å². The monoisotopic (exact) mass is 198 g/mol. The Hall–Kier alpha value is -1.85. The van der Waals surface area contributed by atoms with Gasteiger partial charge in [0.15, 0.2) is 0 Å². The standard InChI is InChI=1S/C8H10N2O4/c1-2-14-8(13)5-10-7(12)3-6(11)4-9-10/h3-4,11H,2,5H2,1H3. The summed E-state index contributed by atoms with van der Waals surface area (Å²) < 4.78 is 5.54. The summed E-state index contributed by atoms with van der Waals surface area (Å²) in [4.78, 5) is 22.1. The molecule has 1 aromatic rings. The van der Waals surface area contributed by atoms with Gasteiger partial charge in [-0.3, -0.25) is 9.59 Å². The minimum atomic E-state index is -0.543. The van der Waals surface area contributed by atoms with Gasteiger partial charge in [-0.15, -0.1) is 0 Å². The third kappa shape index (κ3) is 2.58. The van der Waals surface area contributed by atoms with Crippen LogP contribution in [-0.2, 0) is 16.1 Å². The third-order valence-electron chi connectivity index (χ3n) is 1.44. The van der Waals surface area contributed by atoms with E-state index in [1.165, 1.54) is 0 Å². The Balaban J connectivity index is 2.77. The molecule has 0 amide bonds. The van der Waals surface area contributed by atoms with Gasteiger partial charge in [-0.05, 0) is 6.92 Å². The fourth-order valence-electron chi connectivity index (χ4n) is 0.872. The van der Waals surface area contributed by atoms with Crippen molar-refractivity contribution in [1.82, 2.24) is 9.78 Å². The zero-order valence-corrected chi connectivity index (χ0v) is 7.64. The van der Waals surface area contributed by atoms with Crippen molar-refractivity contribution >= 4 is 5.97 Å². The molecular weight excluding hydrogens is 188 g/mol. The molecule has 0 bridgehead atoms. The van der Waals surface area contributed by atoms with Crippen LogP contribution in [0.25, 0.3) is 0 Å². The molecule has 0 unspecified atom stereocenters. The molecule has 1 aromatic heterocycles. The summed E-state index contributed by atoms with van der Waals surface area (Å²) in [6.07, 6.45) is 1.08. The van der Waals surface area contributed by atoms with Crippen LogP contribution in [0.3, 0.4) is 0 Å². The van der Waals surface area contributed by atoms with Crippen molar-refractivity contribution < 1.29 is 14.6 Å². The lowest BCUT2D eigenvalue weighted by Crippen LogP contribution is -2.26. The molecule has 6 nitrogen and oxygen atoms in total. The van der Waals surface area contributed by atoms with E-state index in [2.05, 4.69) is 9.84 Å². The van der Waals surface area contributed by atoms with Crippen molar-refractivity contribution in [1.29, 1.82) is 0 Å². The largest absolute Gasteiger partial charge is 0.506 e. The van der Waals surface area contributed by atoms with Crippen molar-refractivity contribution in [3.8, 4) is 5.75 Å². The van der Waals surface area contributed by atoms with Gasteiger partial charge in [0.2, 0.25) is 0 Å². The smallest absolute Gasteiger partial charge is 0.327 e. The van der Waals surface area contributed by atoms with Crippen molar-refractivity contribution in [2.45, 2.75) is 13.5 Å². The molecular formula is C8H10N2O4. The van der Waals surface area contributed by atoms with Gasteiger partial charge >= 0.3 is 5.97 Å². The van der Waals surface area contributed by atoms with Crippen LogP contribution in [0, 0.1) is 0 Å². The zero-order valence-electron chi connectivity index (χ0n) is 7.64. The van der Waals surface area contributed by atoms with Crippen molar-refractivity contribution in [2.24, 2.45) is 0 Å². The number of hydrogen-bond acceptors (Lipinski definition) is 5. The van der Waals surface area contributed by atoms with Gasteiger partial charge in [-0.25, -0.2) is 4.68 Å². The third-order valence-corrected chi connectivity index (χ3v) is 1.44. The first kappa shape index (κ1) is 10.2. The molecule has 1 N–H and O–H groups in total. The number of aromatic hydroxyl groups is 1. The van der Waals surface area contributed by atoms with Crippen molar-refractivity contribution in [3.63, 3.8) is 0 Å². The molecule has 14 heavy (non-hydrogen) atoms. The van der Waals surface area contributed by atoms with Crippen molar-refractivity contribution in [3.05, 3.63) is 22.6 Å². The van der Waals surface area contributed by atoms with Crippen LogP contribution in [0.15, 0.2) is 17.1 Å². The first-order chi connectivity index (χ1) is 6.63. The Bertz CT molecular complexity index is 385. The first-order valence-electron chi connectivity index (χ1n) is 4.05. The Morgan fingerprint density at radius 1 is 1.71 bits per heavy atom. The fraction of sp³-hybridized carbons (Fsp3) is 0.375. The summed E-state index contributed by atoms with van der Waals surface area (Å²) in [5.41, 5.74) is -0.543. The Kier molecular flexibility index (Phi) is 3.22. The molecule has 1 rings (SSSR count).